The Balaban J connectivity index is 0.000000214. The molecule has 1 aliphatic carbocycles. The second-order valence-corrected chi connectivity index (χ2v) is 11.0. The minimum absolute atomic E-state index is 0.710. The molecular formula is C32H38Br2O2. The lowest BCUT2D eigenvalue weighted by Gasteiger charge is -2.19. The minimum Gasteiger partial charge on any atom is -0.494 e. The molecular weight excluding hydrogens is 576 g/mol. The lowest BCUT2D eigenvalue weighted by Crippen LogP contribution is -2.08. The summed E-state index contributed by atoms with van der Waals surface area (Å²) in [5, 5.41) is 0. The maximum Gasteiger partial charge on any atom is 0.119 e. The number of hydrogen-bond donors (Lipinski definition) is 0. The first-order valence-corrected chi connectivity index (χ1v) is 14.6. The first kappa shape index (κ1) is 28.7. The number of rotatable bonds is 14. The summed E-state index contributed by atoms with van der Waals surface area (Å²) in [4.78, 5) is 0. The van der Waals surface area contributed by atoms with E-state index >= 15 is 0 Å². The number of benzene rings is 3. The Bertz CT molecular complexity index is 1030. The molecule has 0 aliphatic heterocycles. The number of hydrogen-bond acceptors (Lipinski definition) is 2. The van der Waals surface area contributed by atoms with Gasteiger partial charge in [-0.3, -0.25) is 0 Å². The van der Waals surface area contributed by atoms with Crippen molar-refractivity contribution in [3.63, 3.8) is 0 Å². The number of unbranched alkanes of at least 4 members (excludes halogenated alkanes) is 4. The van der Waals surface area contributed by atoms with Crippen molar-refractivity contribution in [3.8, 4) is 5.75 Å². The highest BCUT2D eigenvalue weighted by molar-refractivity contribution is 9.10. The predicted octanol–water partition coefficient (Wildman–Crippen LogP) is 9.66. The van der Waals surface area contributed by atoms with Gasteiger partial charge in [-0.05, 0) is 116 Å². The summed E-state index contributed by atoms with van der Waals surface area (Å²) < 4.78 is 13.5. The fourth-order valence-corrected chi connectivity index (χ4v) is 4.52. The van der Waals surface area contributed by atoms with Crippen LogP contribution < -0.4 is 4.74 Å². The van der Waals surface area contributed by atoms with Gasteiger partial charge >= 0.3 is 0 Å². The zero-order valence-electron chi connectivity index (χ0n) is 21.2. The molecule has 4 heteroatoms. The molecule has 0 unspecified atom stereocenters. The molecule has 0 N–H and O–H groups in total. The van der Waals surface area contributed by atoms with E-state index in [2.05, 4.69) is 68.8 Å². The van der Waals surface area contributed by atoms with Crippen molar-refractivity contribution < 1.29 is 9.47 Å². The molecule has 0 aromatic heterocycles. The van der Waals surface area contributed by atoms with E-state index in [0.29, 0.717) is 6.61 Å². The van der Waals surface area contributed by atoms with Crippen LogP contribution in [0.1, 0.15) is 60.8 Å². The molecule has 36 heavy (non-hydrogen) atoms. The van der Waals surface area contributed by atoms with Gasteiger partial charge in [0.05, 0.1) is 13.2 Å². The van der Waals surface area contributed by atoms with Gasteiger partial charge < -0.3 is 9.47 Å². The van der Waals surface area contributed by atoms with E-state index in [1.165, 1.54) is 49.7 Å². The maximum atomic E-state index is 5.74. The second kappa shape index (κ2) is 16.8. The Morgan fingerprint density at radius 2 is 1.36 bits per heavy atom. The molecule has 3 aromatic rings. The Kier molecular flexibility index (Phi) is 13.4. The Morgan fingerprint density at radius 3 is 2.03 bits per heavy atom. The third-order valence-electron chi connectivity index (χ3n) is 6.26. The van der Waals surface area contributed by atoms with Crippen LogP contribution in [-0.4, -0.2) is 13.2 Å². The molecule has 0 atom stereocenters. The standard InChI is InChI=1S/C19H21BrO.C13H17BrO/c20-18-9-11-19(12-10-18)21-13-3-1-2-4-15-5-6-16-7-8-17(16)14-15;1-2-3-4-5-10-15-11-12-6-8-13(14)9-7-12/h5-6,9-12,14H,1-4,7-8,13H2;2,6-9H,1,3-5,10-11H2. The fourth-order valence-electron chi connectivity index (χ4n) is 4.00. The third kappa shape index (κ3) is 11.0. The van der Waals surface area contributed by atoms with Crippen LogP contribution in [0.15, 0.2) is 88.3 Å². The summed E-state index contributed by atoms with van der Waals surface area (Å²) in [7, 11) is 0. The number of fused-ring (bicyclic) bond motifs is 1. The normalized spacial score (nSPS) is 11.6. The molecule has 1 aliphatic rings. The Hall–Kier alpha value is -1.88. The molecule has 0 heterocycles. The highest BCUT2D eigenvalue weighted by Crippen LogP contribution is 2.24. The van der Waals surface area contributed by atoms with Crippen LogP contribution in [0.3, 0.4) is 0 Å². The van der Waals surface area contributed by atoms with Crippen molar-refractivity contribution in [2.75, 3.05) is 13.2 Å². The van der Waals surface area contributed by atoms with E-state index < -0.39 is 0 Å². The number of allylic oxidation sites excluding steroid dienone is 1. The number of halogens is 2. The molecule has 0 bridgehead atoms. The lowest BCUT2D eigenvalue weighted by molar-refractivity contribution is 0.117. The Labute approximate surface area is 234 Å². The predicted molar refractivity (Wildman–Crippen MR) is 159 cm³/mol. The fraction of sp³-hybridized carbons (Fsp3) is 0.375. The van der Waals surface area contributed by atoms with E-state index in [4.69, 9.17) is 9.47 Å². The molecule has 2 nitrogen and oxygen atoms in total. The molecule has 0 saturated carbocycles. The minimum atomic E-state index is 0.710. The van der Waals surface area contributed by atoms with Gasteiger partial charge in [-0.1, -0.05) is 68.3 Å². The molecule has 0 spiro atoms. The highest BCUT2D eigenvalue weighted by Gasteiger charge is 2.12. The van der Waals surface area contributed by atoms with Crippen molar-refractivity contribution in [2.24, 2.45) is 0 Å². The van der Waals surface area contributed by atoms with E-state index in [-0.39, 0.29) is 0 Å². The van der Waals surface area contributed by atoms with Gasteiger partial charge in [-0.2, -0.15) is 0 Å². The maximum absolute atomic E-state index is 5.74. The van der Waals surface area contributed by atoms with Gasteiger partial charge in [0, 0.05) is 15.6 Å². The van der Waals surface area contributed by atoms with Crippen LogP contribution >= 0.6 is 31.9 Å². The molecule has 0 radical (unpaired) electrons. The van der Waals surface area contributed by atoms with Gasteiger partial charge in [0.15, 0.2) is 0 Å². The first-order chi connectivity index (χ1) is 17.6. The van der Waals surface area contributed by atoms with Crippen LogP contribution in [0, 0.1) is 0 Å². The van der Waals surface area contributed by atoms with Crippen LogP contribution in [0.25, 0.3) is 0 Å². The molecule has 4 rings (SSSR count). The number of ether oxygens (including phenoxy) is 2. The van der Waals surface area contributed by atoms with Crippen molar-refractivity contribution in [3.05, 3.63) is 111 Å². The van der Waals surface area contributed by atoms with Crippen molar-refractivity contribution in [1.29, 1.82) is 0 Å². The average molecular weight is 614 g/mol. The SMILES string of the molecule is Brc1ccc(OCCCCCc2ccc3c(c2)CC3)cc1.C=CCCCCOCc1ccc(Br)cc1. The van der Waals surface area contributed by atoms with Crippen LogP contribution in [0.4, 0.5) is 0 Å². The molecule has 0 amide bonds. The highest BCUT2D eigenvalue weighted by atomic mass is 79.9. The van der Waals surface area contributed by atoms with Crippen LogP contribution in [0.2, 0.25) is 0 Å². The van der Waals surface area contributed by atoms with Crippen molar-refractivity contribution in [2.45, 2.75) is 64.4 Å². The molecule has 0 fully saturated rings. The van der Waals surface area contributed by atoms with Crippen LogP contribution in [0.5, 0.6) is 5.75 Å². The van der Waals surface area contributed by atoms with Gasteiger partial charge in [-0.15, -0.1) is 6.58 Å². The number of aryl methyl sites for hydroxylation is 3. The third-order valence-corrected chi connectivity index (χ3v) is 7.31. The molecule has 0 saturated heterocycles. The topological polar surface area (TPSA) is 18.5 Å². The monoisotopic (exact) mass is 612 g/mol. The van der Waals surface area contributed by atoms with E-state index in [9.17, 15) is 0 Å². The zero-order valence-corrected chi connectivity index (χ0v) is 24.4. The quantitative estimate of drug-likeness (QED) is 0.133. The summed E-state index contributed by atoms with van der Waals surface area (Å²) in [6.07, 6.45) is 12.7. The summed E-state index contributed by atoms with van der Waals surface area (Å²) in [6, 6.07) is 23.3. The largest absolute Gasteiger partial charge is 0.494 e. The van der Waals surface area contributed by atoms with Crippen LogP contribution in [-0.2, 0) is 30.6 Å². The molecule has 3 aromatic carbocycles. The van der Waals surface area contributed by atoms with Crippen molar-refractivity contribution in [1.82, 2.24) is 0 Å². The Morgan fingerprint density at radius 1 is 0.694 bits per heavy atom. The van der Waals surface area contributed by atoms with Gasteiger partial charge in [-0.25, -0.2) is 0 Å². The summed E-state index contributed by atoms with van der Waals surface area (Å²) in [5.74, 6) is 0.959. The zero-order chi connectivity index (χ0) is 25.4. The van der Waals surface area contributed by atoms with Gasteiger partial charge in [0.2, 0.25) is 0 Å². The van der Waals surface area contributed by atoms with Crippen molar-refractivity contribution >= 4 is 31.9 Å². The van der Waals surface area contributed by atoms with E-state index in [1.807, 2.05) is 42.5 Å². The smallest absolute Gasteiger partial charge is 0.119 e. The second-order valence-electron chi connectivity index (χ2n) is 9.18. The van der Waals surface area contributed by atoms with E-state index in [0.717, 1.165) is 47.2 Å². The van der Waals surface area contributed by atoms with Gasteiger partial charge in [0.1, 0.15) is 5.75 Å². The van der Waals surface area contributed by atoms with E-state index in [1.54, 1.807) is 11.1 Å². The lowest BCUT2D eigenvalue weighted by atomic mass is 9.86. The summed E-state index contributed by atoms with van der Waals surface area (Å²) in [6.45, 7) is 6.05. The van der Waals surface area contributed by atoms with Gasteiger partial charge in [0.25, 0.3) is 0 Å². The summed E-state index contributed by atoms with van der Waals surface area (Å²) >= 11 is 6.83. The average Bonchev–Trinajstić information content (AvgIpc) is 2.87. The molecule has 192 valence electrons. The summed E-state index contributed by atoms with van der Waals surface area (Å²) in [5.41, 5.74) is 5.86. The first-order valence-electron chi connectivity index (χ1n) is 13.1.